The van der Waals surface area contributed by atoms with Crippen LogP contribution >= 0.6 is 35.1 Å². The molecule has 0 spiro atoms. The second-order valence-electron chi connectivity index (χ2n) is 3.88. The highest BCUT2D eigenvalue weighted by atomic mass is 35.5. The molecule has 0 aliphatic carbocycles. The van der Waals surface area contributed by atoms with Gasteiger partial charge in [0.05, 0.1) is 4.24 Å². The van der Waals surface area contributed by atoms with Gasteiger partial charge in [-0.3, -0.25) is 9.59 Å². The summed E-state index contributed by atoms with van der Waals surface area (Å²) in [7, 11) is 0. The molecule has 3 nitrogen and oxygen atoms in total. The van der Waals surface area contributed by atoms with Gasteiger partial charge >= 0.3 is 0 Å². The number of thioether (sulfide) groups is 2. The number of benzene rings is 1. The topological polar surface area (TPSA) is 46.2 Å². The Hall–Kier alpha value is -0.910. The molecule has 2 rings (SSSR count). The van der Waals surface area contributed by atoms with Crippen molar-refractivity contribution in [1.29, 1.82) is 0 Å². The van der Waals surface area contributed by atoms with Crippen molar-refractivity contribution in [3.05, 3.63) is 39.1 Å². The highest BCUT2D eigenvalue weighted by Crippen LogP contribution is 2.39. The minimum absolute atomic E-state index is 0.205. The van der Waals surface area contributed by atoms with Gasteiger partial charge in [0.15, 0.2) is 5.78 Å². The monoisotopic (exact) mass is 313 g/mol. The van der Waals surface area contributed by atoms with Crippen LogP contribution in [0.4, 0.5) is 5.69 Å². The van der Waals surface area contributed by atoms with E-state index in [9.17, 15) is 9.59 Å². The molecular formula is C13H12ClNO2S2. The number of amides is 1. The largest absolute Gasteiger partial charge is 0.322 e. The third kappa shape index (κ3) is 3.78. The van der Waals surface area contributed by atoms with Gasteiger partial charge in [0.1, 0.15) is 5.57 Å². The van der Waals surface area contributed by atoms with Gasteiger partial charge in [0, 0.05) is 22.2 Å². The first kappa shape index (κ1) is 14.5. The molecule has 1 N–H and O–H groups in total. The average Bonchev–Trinajstić information content (AvgIpc) is 2.85. The molecule has 1 aliphatic heterocycles. The van der Waals surface area contributed by atoms with Crippen molar-refractivity contribution < 1.29 is 9.59 Å². The maximum atomic E-state index is 12.2. The Bertz CT molecular complexity index is 532. The van der Waals surface area contributed by atoms with Gasteiger partial charge in [-0.15, -0.1) is 23.5 Å². The highest BCUT2D eigenvalue weighted by Gasteiger charge is 2.23. The zero-order valence-electron chi connectivity index (χ0n) is 10.2. The summed E-state index contributed by atoms with van der Waals surface area (Å²) >= 11 is 8.90. The van der Waals surface area contributed by atoms with E-state index in [2.05, 4.69) is 5.32 Å². The number of anilines is 1. The van der Waals surface area contributed by atoms with Crippen molar-refractivity contribution in [2.75, 3.05) is 16.8 Å². The van der Waals surface area contributed by atoms with Crippen molar-refractivity contribution in [3.63, 3.8) is 0 Å². The van der Waals surface area contributed by atoms with Crippen molar-refractivity contribution in [2.24, 2.45) is 0 Å². The van der Waals surface area contributed by atoms with Crippen LogP contribution in [0, 0.1) is 0 Å². The standard InChI is InChI=1S/C13H12ClNO2S2/c1-8(16)11(13-18-6-7-19-13)12(17)15-10-4-2-9(14)3-5-10/h2-5H,6-7H2,1H3,(H,15,17). The first-order valence-corrected chi connectivity index (χ1v) is 8.00. The number of carbonyl (C=O) groups is 2. The molecule has 100 valence electrons. The van der Waals surface area contributed by atoms with Gasteiger partial charge in [-0.05, 0) is 31.2 Å². The molecule has 0 unspecified atom stereocenters. The lowest BCUT2D eigenvalue weighted by atomic mass is 10.2. The number of hydrogen-bond acceptors (Lipinski definition) is 4. The number of carbonyl (C=O) groups excluding carboxylic acids is 2. The second kappa shape index (κ2) is 6.50. The summed E-state index contributed by atoms with van der Waals surface area (Å²) in [4.78, 5) is 23.8. The maximum Gasteiger partial charge on any atom is 0.260 e. The third-order valence-electron chi connectivity index (χ3n) is 2.43. The van der Waals surface area contributed by atoms with Gasteiger partial charge in [-0.2, -0.15) is 0 Å². The zero-order valence-corrected chi connectivity index (χ0v) is 12.6. The van der Waals surface area contributed by atoms with E-state index in [1.807, 2.05) is 0 Å². The van der Waals surface area contributed by atoms with Gasteiger partial charge in [-0.25, -0.2) is 0 Å². The SMILES string of the molecule is CC(=O)C(C(=O)Nc1ccc(Cl)cc1)=C1SCCS1. The molecule has 1 amide bonds. The Morgan fingerprint density at radius 3 is 2.26 bits per heavy atom. The number of halogens is 1. The Morgan fingerprint density at radius 1 is 1.16 bits per heavy atom. The number of nitrogens with one attached hydrogen (secondary N) is 1. The normalized spacial score (nSPS) is 14.3. The fourth-order valence-corrected chi connectivity index (χ4v) is 4.34. The molecule has 0 radical (unpaired) electrons. The Balaban J connectivity index is 2.19. The molecule has 1 aromatic rings. The molecule has 1 saturated heterocycles. The first-order valence-electron chi connectivity index (χ1n) is 5.65. The van der Waals surface area contributed by atoms with E-state index < -0.39 is 0 Å². The molecule has 0 saturated carbocycles. The van der Waals surface area contributed by atoms with Gasteiger partial charge in [0.2, 0.25) is 0 Å². The Morgan fingerprint density at radius 2 is 1.74 bits per heavy atom. The van der Waals surface area contributed by atoms with E-state index in [-0.39, 0.29) is 17.3 Å². The quantitative estimate of drug-likeness (QED) is 0.526. The summed E-state index contributed by atoms with van der Waals surface area (Å²) in [5, 5.41) is 3.33. The van der Waals surface area contributed by atoms with Crippen LogP contribution in [-0.4, -0.2) is 23.2 Å². The Kier molecular flexibility index (Phi) is 4.96. The van der Waals surface area contributed by atoms with Gasteiger partial charge < -0.3 is 5.32 Å². The summed E-state index contributed by atoms with van der Waals surface area (Å²) in [5.74, 6) is 1.31. The molecular weight excluding hydrogens is 302 g/mol. The predicted molar refractivity (Wildman–Crippen MR) is 82.7 cm³/mol. The zero-order chi connectivity index (χ0) is 13.8. The van der Waals surface area contributed by atoms with Crippen LogP contribution in [0.25, 0.3) is 0 Å². The number of ketones is 1. The van der Waals surface area contributed by atoms with Gasteiger partial charge in [-0.1, -0.05) is 11.6 Å². The number of Topliss-reactive ketones (excluding diaryl/α,β-unsaturated/α-hetero) is 1. The summed E-state index contributed by atoms with van der Waals surface area (Å²) < 4.78 is 0.818. The lowest BCUT2D eigenvalue weighted by Gasteiger charge is -2.08. The number of rotatable bonds is 3. The molecule has 0 aromatic heterocycles. The maximum absolute atomic E-state index is 12.2. The van der Waals surface area contributed by atoms with E-state index in [1.54, 1.807) is 47.8 Å². The average molecular weight is 314 g/mol. The third-order valence-corrected chi connectivity index (χ3v) is 5.40. The van der Waals surface area contributed by atoms with Crippen LogP contribution in [0.15, 0.2) is 34.1 Å². The van der Waals surface area contributed by atoms with Crippen molar-refractivity contribution in [2.45, 2.75) is 6.92 Å². The molecule has 1 aromatic carbocycles. The molecule has 0 bridgehead atoms. The smallest absolute Gasteiger partial charge is 0.260 e. The fourth-order valence-electron chi connectivity index (χ4n) is 1.58. The van der Waals surface area contributed by atoms with E-state index in [1.165, 1.54) is 6.92 Å². The lowest BCUT2D eigenvalue weighted by Crippen LogP contribution is -2.19. The van der Waals surface area contributed by atoms with E-state index in [4.69, 9.17) is 11.6 Å². The predicted octanol–water partition coefficient (Wildman–Crippen LogP) is 3.56. The van der Waals surface area contributed by atoms with E-state index >= 15 is 0 Å². The molecule has 1 fully saturated rings. The molecule has 6 heteroatoms. The van der Waals surface area contributed by atoms with Crippen LogP contribution in [-0.2, 0) is 9.59 Å². The minimum Gasteiger partial charge on any atom is -0.322 e. The minimum atomic E-state index is -0.355. The van der Waals surface area contributed by atoms with Crippen LogP contribution in [0.2, 0.25) is 5.02 Å². The summed E-state index contributed by atoms with van der Waals surface area (Å²) in [6.07, 6.45) is 0. The molecule has 1 aliphatic rings. The summed E-state index contributed by atoms with van der Waals surface area (Å²) in [6, 6.07) is 6.79. The molecule has 19 heavy (non-hydrogen) atoms. The lowest BCUT2D eigenvalue weighted by molar-refractivity contribution is -0.118. The highest BCUT2D eigenvalue weighted by molar-refractivity contribution is 8.25. The van der Waals surface area contributed by atoms with Crippen molar-refractivity contribution >= 4 is 52.5 Å². The van der Waals surface area contributed by atoms with E-state index in [0.29, 0.717) is 10.7 Å². The van der Waals surface area contributed by atoms with E-state index in [0.717, 1.165) is 15.7 Å². The first-order chi connectivity index (χ1) is 9.08. The van der Waals surface area contributed by atoms with Crippen molar-refractivity contribution in [1.82, 2.24) is 0 Å². The Labute approximate surface area is 125 Å². The molecule has 1 heterocycles. The van der Waals surface area contributed by atoms with Crippen molar-refractivity contribution in [3.8, 4) is 0 Å². The van der Waals surface area contributed by atoms with Gasteiger partial charge in [0.25, 0.3) is 5.91 Å². The van der Waals surface area contributed by atoms with Crippen LogP contribution in [0.3, 0.4) is 0 Å². The molecule has 0 atom stereocenters. The fraction of sp³-hybridized carbons (Fsp3) is 0.231. The van der Waals surface area contributed by atoms with Crippen LogP contribution in [0.1, 0.15) is 6.92 Å². The van der Waals surface area contributed by atoms with Crippen LogP contribution < -0.4 is 5.32 Å². The second-order valence-corrected chi connectivity index (χ2v) is 6.78. The summed E-state index contributed by atoms with van der Waals surface area (Å²) in [6.45, 7) is 1.42. The summed E-state index contributed by atoms with van der Waals surface area (Å²) in [5.41, 5.74) is 0.879. The van der Waals surface area contributed by atoms with Crippen LogP contribution in [0.5, 0.6) is 0 Å². The number of hydrogen-bond donors (Lipinski definition) is 1.